The number of rotatable bonds is 4. The lowest BCUT2D eigenvalue weighted by Crippen LogP contribution is -2.91. The molecular weight excluding hydrogens is 417 g/mol. The molecule has 160 valence electrons. The van der Waals surface area contributed by atoms with E-state index in [4.69, 9.17) is 0 Å². The summed E-state index contributed by atoms with van der Waals surface area (Å²) in [6.07, 6.45) is 0. The van der Waals surface area contributed by atoms with E-state index in [9.17, 15) is 0 Å². The molecule has 0 amide bonds. The van der Waals surface area contributed by atoms with E-state index in [-0.39, 0.29) is 0 Å². The van der Waals surface area contributed by atoms with Crippen LogP contribution >= 0.6 is 0 Å². The van der Waals surface area contributed by atoms with Crippen molar-refractivity contribution in [3.05, 3.63) is 119 Å². The van der Waals surface area contributed by atoms with E-state index in [1.54, 1.807) is 20.7 Å². The lowest BCUT2D eigenvalue weighted by molar-refractivity contribution is 1.28. The summed E-state index contributed by atoms with van der Waals surface area (Å²) in [5.41, 5.74) is 5.39. The second kappa shape index (κ2) is 8.02. The molecule has 0 N–H and O–H groups in total. The Morgan fingerprint density at radius 1 is 0.344 bits per heavy atom. The Morgan fingerprint density at radius 2 is 0.531 bits per heavy atom. The van der Waals surface area contributed by atoms with Gasteiger partial charge in [-0.3, -0.25) is 0 Å². The quantitative estimate of drug-likeness (QED) is 0.392. The van der Waals surface area contributed by atoms with Crippen molar-refractivity contribution in [1.29, 1.82) is 0 Å². The van der Waals surface area contributed by atoms with Crippen LogP contribution in [0.4, 0.5) is 0 Å². The fraction of sp³-hybridized carbons (Fsp3) is 0.200. The molecule has 0 atom stereocenters. The summed E-state index contributed by atoms with van der Waals surface area (Å²) < 4.78 is 0. The molecule has 32 heavy (non-hydrogen) atoms. The molecule has 1 aliphatic rings. The molecule has 1 heterocycles. The molecule has 4 aromatic carbocycles. The Bertz CT molecular complexity index is 1030. The zero-order chi connectivity index (χ0) is 22.3. The van der Waals surface area contributed by atoms with Gasteiger partial charge in [0.05, 0.1) is 0 Å². The maximum absolute atomic E-state index is 2.46. The molecule has 0 bridgehead atoms. The fourth-order valence-electron chi connectivity index (χ4n) is 5.87. The van der Waals surface area contributed by atoms with Crippen molar-refractivity contribution in [2.45, 2.75) is 39.8 Å². The fourth-order valence-corrected chi connectivity index (χ4v) is 25.5. The summed E-state index contributed by atoms with van der Waals surface area (Å²) in [6.45, 7) is 8.81. The van der Waals surface area contributed by atoms with E-state index in [0.717, 1.165) is 0 Å². The van der Waals surface area contributed by atoms with Gasteiger partial charge in [-0.1, -0.05) is 152 Å². The summed E-state index contributed by atoms with van der Waals surface area (Å²) in [5.74, 6) is 0. The van der Waals surface area contributed by atoms with E-state index < -0.39 is 15.2 Å². The summed E-state index contributed by atoms with van der Waals surface area (Å²) >= 11 is 0. The van der Waals surface area contributed by atoms with Crippen molar-refractivity contribution in [1.82, 2.24) is 0 Å². The predicted molar refractivity (Wildman–Crippen MR) is 144 cm³/mol. The van der Waals surface area contributed by atoms with Crippen molar-refractivity contribution in [2.75, 3.05) is 0 Å². The highest BCUT2D eigenvalue weighted by Gasteiger charge is 2.65. The van der Waals surface area contributed by atoms with Gasteiger partial charge >= 0.3 is 0 Å². The van der Waals surface area contributed by atoms with Gasteiger partial charge < -0.3 is 0 Å². The Labute approximate surface area is 194 Å². The van der Waals surface area contributed by atoms with E-state index in [1.165, 1.54) is 34.3 Å². The van der Waals surface area contributed by atoms with Gasteiger partial charge in [0.1, 0.15) is 15.2 Å². The molecule has 1 fully saturated rings. The normalized spacial score (nSPS) is 16.4. The Kier molecular flexibility index (Phi) is 5.31. The SMILES string of the molecule is Cc1ccc([Si]2(c3ccc(C)cc3)CC[Si]2(c2ccc(C)cc2)c2ccc(C)cc2)cc1. The van der Waals surface area contributed by atoms with Crippen molar-refractivity contribution >= 4 is 35.9 Å². The molecule has 1 aliphatic heterocycles. The maximum atomic E-state index is 2.46. The van der Waals surface area contributed by atoms with Crippen LogP contribution < -0.4 is 20.7 Å². The first-order valence-corrected chi connectivity index (χ1v) is 17.2. The van der Waals surface area contributed by atoms with Crippen molar-refractivity contribution < 1.29 is 0 Å². The summed E-state index contributed by atoms with van der Waals surface area (Å²) in [6, 6.07) is 41.1. The zero-order valence-electron chi connectivity index (χ0n) is 19.7. The van der Waals surface area contributed by atoms with Crippen LogP contribution in [0.5, 0.6) is 0 Å². The van der Waals surface area contributed by atoms with Gasteiger partial charge in [-0.15, -0.1) is 0 Å². The molecule has 0 aliphatic carbocycles. The average Bonchev–Trinajstić information content (AvgIpc) is 2.79. The van der Waals surface area contributed by atoms with Crippen LogP contribution in [0.25, 0.3) is 0 Å². The molecular formula is C30H32Si2. The first-order chi connectivity index (χ1) is 15.5. The van der Waals surface area contributed by atoms with Crippen LogP contribution in [-0.4, -0.2) is 15.2 Å². The van der Waals surface area contributed by atoms with E-state index >= 15 is 0 Å². The van der Waals surface area contributed by atoms with Gasteiger partial charge in [0.2, 0.25) is 0 Å². The standard InChI is InChI=1S/C30H32Si2/c1-23-5-13-27(14-6-23)31(28-15-7-24(2)8-16-28)21-22-32(31,29-17-9-25(3)10-18-29)30-19-11-26(4)12-20-30/h5-20H,21-22H2,1-4H3. The highest BCUT2D eigenvalue weighted by Crippen LogP contribution is 2.40. The number of hydrogen-bond acceptors (Lipinski definition) is 0. The highest BCUT2D eigenvalue weighted by molar-refractivity contribution is 7.63. The highest BCUT2D eigenvalue weighted by atomic mass is 29.3. The maximum Gasteiger partial charge on any atom is 0.121 e. The minimum absolute atomic E-state index is 1.34. The van der Waals surface area contributed by atoms with E-state index in [0.29, 0.717) is 0 Å². The molecule has 0 nitrogen and oxygen atoms in total. The van der Waals surface area contributed by atoms with Gasteiger partial charge in [-0.05, 0) is 27.7 Å². The lowest BCUT2D eigenvalue weighted by Gasteiger charge is -2.58. The molecule has 0 spiro atoms. The third kappa shape index (κ3) is 3.16. The Hall–Kier alpha value is -2.69. The molecule has 2 heteroatoms. The van der Waals surface area contributed by atoms with Crippen molar-refractivity contribution in [3.63, 3.8) is 0 Å². The lowest BCUT2D eigenvalue weighted by atomic mass is 10.2. The van der Waals surface area contributed by atoms with Crippen LogP contribution in [0.2, 0.25) is 12.1 Å². The van der Waals surface area contributed by atoms with Crippen LogP contribution in [0.15, 0.2) is 97.1 Å². The van der Waals surface area contributed by atoms with Gasteiger partial charge in [0.25, 0.3) is 0 Å². The number of aryl methyl sites for hydroxylation is 4. The first-order valence-electron chi connectivity index (χ1n) is 11.7. The van der Waals surface area contributed by atoms with Crippen molar-refractivity contribution in [3.8, 4) is 0 Å². The second-order valence-corrected chi connectivity index (χ2v) is 21.8. The minimum atomic E-state index is -2.00. The average molecular weight is 449 g/mol. The van der Waals surface area contributed by atoms with Gasteiger partial charge in [-0.25, -0.2) is 0 Å². The van der Waals surface area contributed by atoms with Gasteiger partial charge in [-0.2, -0.15) is 0 Å². The molecule has 0 unspecified atom stereocenters. The molecule has 0 radical (unpaired) electrons. The number of hydrogen-bond donors (Lipinski definition) is 0. The van der Waals surface area contributed by atoms with Crippen LogP contribution in [0, 0.1) is 27.7 Å². The smallest absolute Gasteiger partial charge is 0.0626 e. The molecule has 1 saturated heterocycles. The Balaban J connectivity index is 1.84. The number of benzene rings is 4. The molecule has 5 rings (SSSR count). The topological polar surface area (TPSA) is 0 Å². The predicted octanol–water partition coefficient (Wildman–Crippen LogP) is 4.84. The summed E-state index contributed by atoms with van der Waals surface area (Å²) in [5, 5.41) is 6.47. The summed E-state index contributed by atoms with van der Waals surface area (Å²) in [7, 11) is -4.00. The van der Waals surface area contributed by atoms with Gasteiger partial charge in [0.15, 0.2) is 0 Å². The zero-order valence-corrected chi connectivity index (χ0v) is 21.7. The van der Waals surface area contributed by atoms with Crippen LogP contribution in [0.3, 0.4) is 0 Å². The third-order valence-corrected chi connectivity index (χ3v) is 26.3. The molecule has 0 aromatic heterocycles. The molecule has 0 saturated carbocycles. The van der Waals surface area contributed by atoms with E-state index in [1.807, 2.05) is 0 Å². The summed E-state index contributed by atoms with van der Waals surface area (Å²) in [4.78, 5) is 0. The first kappa shape index (κ1) is 21.2. The largest absolute Gasteiger partial charge is 0.121 e. The monoisotopic (exact) mass is 448 g/mol. The van der Waals surface area contributed by atoms with Crippen LogP contribution in [-0.2, 0) is 0 Å². The minimum Gasteiger partial charge on any atom is -0.0626 e. The van der Waals surface area contributed by atoms with E-state index in [2.05, 4.69) is 125 Å². The Morgan fingerprint density at radius 3 is 0.688 bits per heavy atom. The molecule has 4 aromatic rings. The van der Waals surface area contributed by atoms with Crippen LogP contribution in [0.1, 0.15) is 22.3 Å². The third-order valence-electron chi connectivity index (χ3n) is 7.78. The second-order valence-electron chi connectivity index (χ2n) is 9.77. The van der Waals surface area contributed by atoms with Gasteiger partial charge in [0, 0.05) is 0 Å². The van der Waals surface area contributed by atoms with Crippen molar-refractivity contribution in [2.24, 2.45) is 0 Å².